The van der Waals surface area contributed by atoms with Crippen molar-refractivity contribution in [2.75, 3.05) is 0 Å². The lowest BCUT2D eigenvalue weighted by molar-refractivity contribution is 0.159. The first kappa shape index (κ1) is 17.2. The Morgan fingerprint density at radius 2 is 1.96 bits per heavy atom. The second-order valence-electron chi connectivity index (χ2n) is 5.91. The molecule has 1 heterocycles. The minimum absolute atomic E-state index is 0.594. The molecule has 0 aliphatic rings. The minimum Gasteiger partial charge on any atom is -0.387 e. The molecule has 0 spiro atoms. The van der Waals surface area contributed by atoms with Crippen LogP contribution in [0.15, 0.2) is 61.1 Å². The highest BCUT2D eigenvalue weighted by Gasteiger charge is 2.13. The molecule has 0 aliphatic heterocycles. The summed E-state index contributed by atoms with van der Waals surface area (Å²) < 4.78 is 1.94. The Labute approximate surface area is 152 Å². The summed E-state index contributed by atoms with van der Waals surface area (Å²) in [7, 11) is 0. The van der Waals surface area contributed by atoms with Crippen LogP contribution in [0.4, 0.5) is 5.69 Å². The lowest BCUT2D eigenvalue weighted by Crippen LogP contribution is -2.09. The Bertz CT molecular complexity index is 880. The van der Waals surface area contributed by atoms with Crippen molar-refractivity contribution in [1.82, 2.24) is 9.55 Å². The molecule has 1 N–H and O–H groups in total. The van der Waals surface area contributed by atoms with Gasteiger partial charge in [-0.2, -0.15) is 0 Å². The molecule has 0 fully saturated rings. The molecule has 3 aromatic rings. The van der Waals surface area contributed by atoms with Gasteiger partial charge in [-0.3, -0.25) is 0 Å². The molecule has 1 aromatic heterocycles. The van der Waals surface area contributed by atoms with Crippen LogP contribution in [0, 0.1) is 6.57 Å². The fourth-order valence-corrected chi connectivity index (χ4v) is 2.97. The van der Waals surface area contributed by atoms with Crippen molar-refractivity contribution in [3.05, 3.63) is 94.3 Å². The molecule has 1 unspecified atom stereocenters. The maximum absolute atomic E-state index is 10.5. The van der Waals surface area contributed by atoms with Crippen molar-refractivity contribution >= 4 is 17.3 Å². The van der Waals surface area contributed by atoms with Crippen LogP contribution in [0.25, 0.3) is 4.85 Å². The lowest BCUT2D eigenvalue weighted by Gasteiger charge is -2.14. The van der Waals surface area contributed by atoms with Gasteiger partial charge in [-0.25, -0.2) is 9.83 Å². The fraction of sp³-hybridized carbons (Fsp3) is 0.200. The SMILES string of the molecule is [C-]#[N+]c1ccc(Cn2cncc2C(O)CCc2cccc(Cl)c2)cc1. The number of hydrogen-bond acceptors (Lipinski definition) is 2. The molecule has 25 heavy (non-hydrogen) atoms. The van der Waals surface area contributed by atoms with E-state index < -0.39 is 6.10 Å². The van der Waals surface area contributed by atoms with Crippen LogP contribution in [-0.2, 0) is 13.0 Å². The predicted octanol–water partition coefficient (Wildman–Crippen LogP) is 4.80. The number of hydrogen-bond donors (Lipinski definition) is 1. The van der Waals surface area contributed by atoms with E-state index in [1.54, 1.807) is 24.7 Å². The second-order valence-corrected chi connectivity index (χ2v) is 6.35. The van der Waals surface area contributed by atoms with E-state index in [1.807, 2.05) is 41.0 Å². The van der Waals surface area contributed by atoms with Gasteiger partial charge in [-0.15, -0.1) is 0 Å². The molecule has 0 aliphatic carbocycles. The van der Waals surface area contributed by atoms with Crippen molar-refractivity contribution in [2.45, 2.75) is 25.5 Å². The third-order valence-corrected chi connectivity index (χ3v) is 4.33. The first-order valence-electron chi connectivity index (χ1n) is 8.04. The standard InChI is InChI=1S/C20H18ClN3O/c1-22-18-8-5-16(6-9-18)13-24-14-23-12-19(24)20(25)10-7-15-3-2-4-17(21)11-15/h2-6,8-9,11-12,14,20,25H,7,10,13H2. The van der Waals surface area contributed by atoms with Crippen LogP contribution in [0.5, 0.6) is 0 Å². The van der Waals surface area contributed by atoms with Gasteiger partial charge in [-0.1, -0.05) is 48.0 Å². The summed E-state index contributed by atoms with van der Waals surface area (Å²) >= 11 is 6.00. The first-order valence-corrected chi connectivity index (χ1v) is 8.42. The van der Waals surface area contributed by atoms with Gasteiger partial charge in [0.05, 0.1) is 30.9 Å². The molecule has 4 nitrogen and oxygen atoms in total. The van der Waals surface area contributed by atoms with Crippen LogP contribution >= 0.6 is 11.6 Å². The van der Waals surface area contributed by atoms with Gasteiger partial charge in [0.25, 0.3) is 0 Å². The van der Waals surface area contributed by atoms with Crippen molar-refractivity contribution in [1.29, 1.82) is 0 Å². The van der Waals surface area contributed by atoms with E-state index >= 15 is 0 Å². The molecular formula is C20H18ClN3O. The maximum Gasteiger partial charge on any atom is 0.187 e. The second kappa shape index (κ2) is 7.98. The number of aliphatic hydroxyl groups is 1. The Kier molecular flexibility index (Phi) is 5.49. The van der Waals surface area contributed by atoms with Crippen molar-refractivity contribution in [2.24, 2.45) is 0 Å². The van der Waals surface area contributed by atoms with Gasteiger partial charge in [0.15, 0.2) is 5.69 Å². The highest BCUT2D eigenvalue weighted by molar-refractivity contribution is 6.30. The van der Waals surface area contributed by atoms with E-state index in [-0.39, 0.29) is 0 Å². The summed E-state index contributed by atoms with van der Waals surface area (Å²) in [5.74, 6) is 0. The third-order valence-electron chi connectivity index (χ3n) is 4.10. The van der Waals surface area contributed by atoms with Crippen LogP contribution in [-0.4, -0.2) is 14.7 Å². The minimum atomic E-state index is -0.594. The zero-order valence-electron chi connectivity index (χ0n) is 13.6. The number of benzene rings is 2. The van der Waals surface area contributed by atoms with Crippen molar-refractivity contribution in [3.63, 3.8) is 0 Å². The number of halogens is 1. The highest BCUT2D eigenvalue weighted by Crippen LogP contribution is 2.22. The van der Waals surface area contributed by atoms with E-state index in [0.29, 0.717) is 23.7 Å². The molecule has 0 bridgehead atoms. The van der Waals surface area contributed by atoms with E-state index in [0.717, 1.165) is 23.2 Å². The van der Waals surface area contributed by atoms with Gasteiger partial charge < -0.3 is 9.67 Å². The summed E-state index contributed by atoms with van der Waals surface area (Å²) in [4.78, 5) is 7.57. The monoisotopic (exact) mass is 351 g/mol. The third kappa shape index (κ3) is 4.48. The van der Waals surface area contributed by atoms with Crippen LogP contribution < -0.4 is 0 Å². The number of nitrogens with zero attached hydrogens (tertiary/aromatic N) is 3. The number of rotatable bonds is 6. The van der Waals surface area contributed by atoms with Gasteiger partial charge in [0.1, 0.15) is 0 Å². The Balaban J connectivity index is 1.66. The average Bonchev–Trinajstić information content (AvgIpc) is 3.08. The molecule has 5 heteroatoms. The lowest BCUT2D eigenvalue weighted by atomic mass is 10.1. The van der Waals surface area contributed by atoms with Crippen LogP contribution in [0.1, 0.15) is 29.3 Å². The first-order chi connectivity index (χ1) is 12.2. The summed E-state index contributed by atoms with van der Waals surface area (Å²) in [6.45, 7) is 7.61. The summed E-state index contributed by atoms with van der Waals surface area (Å²) in [5.41, 5.74) is 3.58. The van der Waals surface area contributed by atoms with Crippen molar-refractivity contribution in [3.8, 4) is 0 Å². The largest absolute Gasteiger partial charge is 0.387 e. The molecular weight excluding hydrogens is 334 g/mol. The molecule has 0 saturated heterocycles. The number of aromatic nitrogens is 2. The zero-order chi connectivity index (χ0) is 17.6. The number of aliphatic hydroxyl groups excluding tert-OH is 1. The predicted molar refractivity (Wildman–Crippen MR) is 98.8 cm³/mol. The number of aryl methyl sites for hydroxylation is 1. The molecule has 0 radical (unpaired) electrons. The molecule has 2 aromatic carbocycles. The van der Waals surface area contributed by atoms with Crippen molar-refractivity contribution < 1.29 is 5.11 Å². The van der Waals surface area contributed by atoms with E-state index in [9.17, 15) is 5.11 Å². The Hall–Kier alpha value is -2.61. The van der Waals surface area contributed by atoms with Gasteiger partial charge in [-0.05, 0) is 36.1 Å². The van der Waals surface area contributed by atoms with E-state index in [2.05, 4.69) is 9.83 Å². The molecule has 0 saturated carbocycles. The molecule has 0 amide bonds. The number of imidazole rings is 1. The Morgan fingerprint density at radius 1 is 1.16 bits per heavy atom. The molecule has 126 valence electrons. The summed E-state index contributed by atoms with van der Waals surface area (Å²) in [5, 5.41) is 11.3. The van der Waals surface area contributed by atoms with Gasteiger partial charge >= 0.3 is 0 Å². The highest BCUT2D eigenvalue weighted by atomic mass is 35.5. The van der Waals surface area contributed by atoms with E-state index in [4.69, 9.17) is 18.2 Å². The zero-order valence-corrected chi connectivity index (χ0v) is 14.4. The molecule has 3 rings (SSSR count). The topological polar surface area (TPSA) is 42.4 Å². The Morgan fingerprint density at radius 3 is 2.68 bits per heavy atom. The fourth-order valence-electron chi connectivity index (χ4n) is 2.76. The summed E-state index contributed by atoms with van der Waals surface area (Å²) in [6.07, 6.45) is 4.18. The quantitative estimate of drug-likeness (QED) is 0.648. The van der Waals surface area contributed by atoms with Crippen LogP contribution in [0.3, 0.4) is 0 Å². The van der Waals surface area contributed by atoms with Crippen LogP contribution in [0.2, 0.25) is 5.02 Å². The smallest absolute Gasteiger partial charge is 0.187 e. The maximum atomic E-state index is 10.5. The van der Waals surface area contributed by atoms with Gasteiger partial charge in [0, 0.05) is 11.6 Å². The average molecular weight is 352 g/mol. The van der Waals surface area contributed by atoms with E-state index in [1.165, 1.54) is 0 Å². The normalized spacial score (nSPS) is 11.9. The molecule has 1 atom stereocenters. The van der Waals surface area contributed by atoms with Gasteiger partial charge in [0.2, 0.25) is 0 Å². The summed E-state index contributed by atoms with van der Waals surface area (Å²) in [6, 6.07) is 15.1.